The standard InChI is InChI=1S/C22H24ClF3N6O5/c23-18-17(11-27-30-19(18)33)32-10-7-16(12-32)36-21(35)29-14-5-8-31(9-6-14)20(34)28-13-1-3-15(4-2-13)37-22(24,25)26/h1-4,11,14,16H,5-10,12H2,(H,28,34)(H,29,35)(H,30,33)/t16-/m1/s1. The summed E-state index contributed by atoms with van der Waals surface area (Å²) in [6.07, 6.45) is -2.70. The average Bonchev–Trinajstić information content (AvgIpc) is 3.29. The second-order valence-electron chi connectivity index (χ2n) is 8.57. The topological polar surface area (TPSA) is 129 Å². The van der Waals surface area contributed by atoms with Crippen molar-refractivity contribution in [1.82, 2.24) is 20.4 Å². The number of H-pyrrole nitrogens is 1. The van der Waals surface area contributed by atoms with Gasteiger partial charge in [-0.2, -0.15) is 5.10 Å². The molecule has 1 aromatic carbocycles. The number of nitrogens with one attached hydrogen (secondary N) is 3. The van der Waals surface area contributed by atoms with Gasteiger partial charge in [-0.05, 0) is 37.1 Å². The van der Waals surface area contributed by atoms with Crippen LogP contribution in [0.25, 0.3) is 0 Å². The van der Waals surface area contributed by atoms with Crippen molar-refractivity contribution < 1.29 is 32.2 Å². The van der Waals surface area contributed by atoms with E-state index in [0.717, 1.165) is 12.1 Å². The summed E-state index contributed by atoms with van der Waals surface area (Å²) < 4.78 is 46.1. The summed E-state index contributed by atoms with van der Waals surface area (Å²) in [6.45, 7) is 1.67. The molecule has 200 valence electrons. The van der Waals surface area contributed by atoms with Gasteiger partial charge in [0.25, 0.3) is 5.56 Å². The summed E-state index contributed by atoms with van der Waals surface area (Å²) in [5, 5.41) is 11.5. The Morgan fingerprint density at radius 1 is 1.11 bits per heavy atom. The number of nitrogens with zero attached hydrogens (tertiary/aromatic N) is 3. The molecule has 4 rings (SSSR count). The van der Waals surface area contributed by atoms with E-state index in [2.05, 4.69) is 25.6 Å². The Hall–Kier alpha value is -3.68. The molecule has 3 heterocycles. The van der Waals surface area contributed by atoms with Gasteiger partial charge in [-0.1, -0.05) is 11.6 Å². The van der Waals surface area contributed by atoms with Crippen LogP contribution < -0.4 is 25.8 Å². The number of likely N-dealkylation sites (tertiary alicyclic amines) is 1. The normalized spacial score (nSPS) is 18.4. The number of amides is 3. The monoisotopic (exact) mass is 544 g/mol. The number of hydrogen-bond donors (Lipinski definition) is 3. The number of anilines is 2. The summed E-state index contributed by atoms with van der Waals surface area (Å²) in [4.78, 5) is 39.9. The lowest BCUT2D eigenvalue weighted by Gasteiger charge is -2.32. The molecule has 0 radical (unpaired) electrons. The maximum Gasteiger partial charge on any atom is 0.573 e. The molecular formula is C22H24ClF3N6O5. The number of urea groups is 1. The minimum Gasteiger partial charge on any atom is -0.444 e. The van der Waals surface area contributed by atoms with Crippen LogP contribution >= 0.6 is 11.6 Å². The van der Waals surface area contributed by atoms with Crippen LogP contribution in [0.3, 0.4) is 0 Å². The smallest absolute Gasteiger partial charge is 0.444 e. The van der Waals surface area contributed by atoms with E-state index in [0.29, 0.717) is 56.8 Å². The summed E-state index contributed by atoms with van der Waals surface area (Å²) >= 11 is 6.04. The van der Waals surface area contributed by atoms with E-state index in [-0.39, 0.29) is 22.9 Å². The third-order valence-electron chi connectivity index (χ3n) is 5.98. The van der Waals surface area contributed by atoms with Crippen LogP contribution in [0, 0.1) is 0 Å². The number of alkyl halides is 3. The van der Waals surface area contributed by atoms with Gasteiger partial charge in [0.1, 0.15) is 16.9 Å². The summed E-state index contributed by atoms with van der Waals surface area (Å²) in [6, 6.07) is 4.27. The van der Waals surface area contributed by atoms with Gasteiger partial charge < -0.3 is 29.9 Å². The molecule has 0 unspecified atom stereocenters. The highest BCUT2D eigenvalue weighted by Gasteiger charge is 2.31. The molecule has 11 nitrogen and oxygen atoms in total. The Labute approximate surface area is 213 Å². The third kappa shape index (κ3) is 7.18. The molecule has 15 heteroatoms. The largest absolute Gasteiger partial charge is 0.573 e. The number of rotatable bonds is 5. The first-order valence-electron chi connectivity index (χ1n) is 11.4. The predicted molar refractivity (Wildman–Crippen MR) is 127 cm³/mol. The Morgan fingerprint density at radius 3 is 2.49 bits per heavy atom. The highest BCUT2D eigenvalue weighted by molar-refractivity contribution is 6.33. The average molecular weight is 545 g/mol. The number of carbonyl (C=O) groups is 2. The van der Waals surface area contributed by atoms with Crippen molar-refractivity contribution in [1.29, 1.82) is 0 Å². The number of ether oxygens (including phenoxy) is 2. The van der Waals surface area contributed by atoms with Gasteiger partial charge >= 0.3 is 18.5 Å². The van der Waals surface area contributed by atoms with Gasteiger partial charge in [-0.15, -0.1) is 13.2 Å². The van der Waals surface area contributed by atoms with E-state index in [1.165, 1.54) is 18.3 Å². The third-order valence-corrected chi connectivity index (χ3v) is 6.35. The van der Waals surface area contributed by atoms with Crippen molar-refractivity contribution in [2.75, 3.05) is 36.4 Å². The molecule has 0 bridgehead atoms. The molecule has 0 aliphatic carbocycles. The Balaban J connectivity index is 1.18. The predicted octanol–water partition coefficient (Wildman–Crippen LogP) is 3.32. The molecule has 1 aromatic heterocycles. The molecular weight excluding hydrogens is 521 g/mol. The zero-order valence-electron chi connectivity index (χ0n) is 19.4. The van der Waals surface area contributed by atoms with E-state index < -0.39 is 24.0 Å². The van der Waals surface area contributed by atoms with E-state index >= 15 is 0 Å². The minimum absolute atomic E-state index is 0.0309. The van der Waals surface area contributed by atoms with Crippen LogP contribution in [-0.2, 0) is 4.74 Å². The number of benzene rings is 1. The van der Waals surface area contributed by atoms with Gasteiger partial charge in [-0.3, -0.25) is 4.79 Å². The van der Waals surface area contributed by atoms with Gasteiger partial charge in [0.2, 0.25) is 0 Å². The Bertz CT molecular complexity index is 1170. The number of hydrogen-bond acceptors (Lipinski definition) is 7. The summed E-state index contributed by atoms with van der Waals surface area (Å²) in [7, 11) is 0. The van der Waals surface area contributed by atoms with Crippen LogP contribution in [0.5, 0.6) is 5.75 Å². The second kappa shape index (κ2) is 11.2. The number of alkyl carbamates (subject to hydrolysis) is 1. The van der Waals surface area contributed by atoms with Gasteiger partial charge in [-0.25, -0.2) is 14.7 Å². The molecule has 37 heavy (non-hydrogen) atoms. The first-order chi connectivity index (χ1) is 17.6. The van der Waals surface area contributed by atoms with E-state index in [9.17, 15) is 27.6 Å². The number of halogens is 4. The van der Waals surface area contributed by atoms with E-state index in [1.807, 2.05) is 4.90 Å². The van der Waals surface area contributed by atoms with Crippen LogP contribution in [0.2, 0.25) is 5.02 Å². The highest BCUT2D eigenvalue weighted by atomic mass is 35.5. The number of aromatic amines is 1. The maximum absolute atomic E-state index is 12.5. The van der Waals surface area contributed by atoms with Crippen LogP contribution in [0.1, 0.15) is 19.3 Å². The summed E-state index contributed by atoms with van der Waals surface area (Å²) in [5.41, 5.74) is 0.314. The van der Waals surface area contributed by atoms with Crippen molar-refractivity contribution in [2.24, 2.45) is 0 Å². The minimum atomic E-state index is -4.79. The number of carbonyl (C=O) groups excluding carboxylic acids is 2. The molecule has 2 aliphatic heterocycles. The lowest BCUT2D eigenvalue weighted by atomic mass is 10.1. The zero-order chi connectivity index (χ0) is 26.6. The second-order valence-corrected chi connectivity index (χ2v) is 8.95. The van der Waals surface area contributed by atoms with Crippen molar-refractivity contribution in [3.05, 3.63) is 45.8 Å². The molecule has 2 fully saturated rings. The molecule has 1 atom stereocenters. The molecule has 0 saturated carbocycles. The molecule has 2 aliphatic rings. The van der Waals surface area contributed by atoms with Gasteiger partial charge in [0, 0.05) is 37.8 Å². The lowest BCUT2D eigenvalue weighted by Crippen LogP contribution is -2.48. The quantitative estimate of drug-likeness (QED) is 0.526. The fourth-order valence-corrected chi connectivity index (χ4v) is 4.37. The first-order valence-corrected chi connectivity index (χ1v) is 11.8. The lowest BCUT2D eigenvalue weighted by molar-refractivity contribution is -0.274. The van der Waals surface area contributed by atoms with Crippen LogP contribution in [0.4, 0.5) is 34.1 Å². The fourth-order valence-electron chi connectivity index (χ4n) is 4.16. The highest BCUT2D eigenvalue weighted by Crippen LogP contribution is 2.26. The Morgan fingerprint density at radius 2 is 1.81 bits per heavy atom. The van der Waals surface area contributed by atoms with Gasteiger partial charge in [0.15, 0.2) is 0 Å². The molecule has 0 spiro atoms. The maximum atomic E-state index is 12.5. The van der Waals surface area contributed by atoms with Crippen LogP contribution in [0.15, 0.2) is 35.3 Å². The van der Waals surface area contributed by atoms with E-state index in [1.54, 1.807) is 4.90 Å². The van der Waals surface area contributed by atoms with Crippen molar-refractivity contribution in [2.45, 2.75) is 37.8 Å². The molecule has 2 saturated heterocycles. The molecule has 3 amide bonds. The molecule has 3 N–H and O–H groups in total. The number of aromatic nitrogens is 2. The van der Waals surface area contributed by atoms with E-state index in [4.69, 9.17) is 16.3 Å². The van der Waals surface area contributed by atoms with Crippen LogP contribution in [-0.4, -0.2) is 71.9 Å². The zero-order valence-corrected chi connectivity index (χ0v) is 20.1. The number of piperidine rings is 1. The SMILES string of the molecule is O=C(NC1CCN(C(=O)Nc2ccc(OC(F)(F)F)cc2)CC1)O[C@@H]1CCN(c2cn[nH]c(=O)c2Cl)C1. The van der Waals surface area contributed by atoms with Crippen molar-refractivity contribution in [3.63, 3.8) is 0 Å². The van der Waals surface area contributed by atoms with Gasteiger partial charge in [0.05, 0.1) is 18.4 Å². The van der Waals surface area contributed by atoms with Crippen molar-refractivity contribution in [3.8, 4) is 5.75 Å². The summed E-state index contributed by atoms with van der Waals surface area (Å²) in [5.74, 6) is -0.384. The fraction of sp³-hybridized carbons (Fsp3) is 0.455. The van der Waals surface area contributed by atoms with Crippen molar-refractivity contribution >= 4 is 35.1 Å². The first kappa shape index (κ1) is 26.4. The Kier molecular flexibility index (Phi) is 7.95. The molecule has 2 aromatic rings.